The Morgan fingerprint density at radius 2 is 1.88 bits per heavy atom. The van der Waals surface area contributed by atoms with E-state index in [1.165, 1.54) is 18.4 Å². The van der Waals surface area contributed by atoms with Crippen molar-refractivity contribution in [2.45, 2.75) is 33.1 Å². The maximum absolute atomic E-state index is 12.1. The molecular formula is C20H25N3O. The van der Waals surface area contributed by atoms with E-state index in [1.54, 1.807) is 6.20 Å². The van der Waals surface area contributed by atoms with Crippen LogP contribution in [-0.2, 0) is 11.2 Å². The molecule has 0 spiro atoms. The van der Waals surface area contributed by atoms with Gasteiger partial charge in [0.05, 0.1) is 18.3 Å². The molecule has 1 N–H and O–H groups in total. The van der Waals surface area contributed by atoms with Crippen molar-refractivity contribution in [2.24, 2.45) is 5.92 Å². The van der Waals surface area contributed by atoms with Crippen LogP contribution in [0, 0.1) is 12.8 Å². The Bertz CT molecular complexity index is 671. The molecule has 3 rings (SSSR count). The summed E-state index contributed by atoms with van der Waals surface area (Å²) in [6.45, 7) is 6.47. The number of carbonyl (C=O) groups is 1. The van der Waals surface area contributed by atoms with Gasteiger partial charge in [-0.1, -0.05) is 36.8 Å². The third kappa shape index (κ3) is 4.34. The molecule has 2 aromatic rings. The van der Waals surface area contributed by atoms with Crippen molar-refractivity contribution in [1.82, 2.24) is 4.98 Å². The van der Waals surface area contributed by atoms with Crippen LogP contribution < -0.4 is 10.2 Å². The summed E-state index contributed by atoms with van der Waals surface area (Å²) in [6, 6.07) is 12.0. The van der Waals surface area contributed by atoms with E-state index in [0.717, 1.165) is 36.1 Å². The van der Waals surface area contributed by atoms with E-state index in [2.05, 4.69) is 22.1 Å². The topological polar surface area (TPSA) is 45.2 Å². The highest BCUT2D eigenvalue weighted by molar-refractivity contribution is 5.92. The number of carbonyl (C=O) groups excluding carboxylic acids is 1. The van der Waals surface area contributed by atoms with Crippen molar-refractivity contribution >= 4 is 17.4 Å². The predicted molar refractivity (Wildman–Crippen MR) is 98.4 cm³/mol. The van der Waals surface area contributed by atoms with Crippen LogP contribution in [0.4, 0.5) is 11.5 Å². The predicted octanol–water partition coefficient (Wildman–Crippen LogP) is 3.81. The van der Waals surface area contributed by atoms with Gasteiger partial charge in [-0.25, -0.2) is 4.98 Å². The first-order valence-corrected chi connectivity index (χ1v) is 8.66. The molecule has 0 unspecified atom stereocenters. The monoisotopic (exact) mass is 323 g/mol. The third-order valence-electron chi connectivity index (χ3n) is 4.62. The number of nitrogens with one attached hydrogen (secondary N) is 1. The Labute approximate surface area is 143 Å². The van der Waals surface area contributed by atoms with E-state index in [1.807, 2.05) is 43.3 Å². The van der Waals surface area contributed by atoms with E-state index in [4.69, 9.17) is 0 Å². The summed E-state index contributed by atoms with van der Waals surface area (Å²) in [6.07, 6.45) is 4.57. The van der Waals surface area contributed by atoms with Gasteiger partial charge in [-0.3, -0.25) is 4.79 Å². The van der Waals surface area contributed by atoms with Crippen molar-refractivity contribution in [3.8, 4) is 0 Å². The molecule has 1 aromatic heterocycles. The molecule has 4 nitrogen and oxygen atoms in total. The SMILES string of the molecule is Cc1ccc(CC(=O)Nc2ccc(N3CCC(C)CC3)nc2)cc1. The highest BCUT2D eigenvalue weighted by Gasteiger charge is 2.16. The van der Waals surface area contributed by atoms with Gasteiger partial charge >= 0.3 is 0 Å². The Balaban J connectivity index is 1.55. The fourth-order valence-corrected chi connectivity index (χ4v) is 2.98. The zero-order chi connectivity index (χ0) is 16.9. The summed E-state index contributed by atoms with van der Waals surface area (Å²) in [7, 11) is 0. The summed E-state index contributed by atoms with van der Waals surface area (Å²) in [5, 5.41) is 2.92. The summed E-state index contributed by atoms with van der Waals surface area (Å²) in [4.78, 5) is 19.0. The standard InChI is InChI=1S/C20H25N3O/c1-15-3-5-17(6-4-15)13-20(24)22-18-7-8-19(21-14-18)23-11-9-16(2)10-12-23/h3-8,14,16H,9-13H2,1-2H3,(H,22,24). The number of hydrogen-bond acceptors (Lipinski definition) is 3. The Kier molecular flexibility index (Phi) is 5.14. The first-order valence-electron chi connectivity index (χ1n) is 8.66. The molecule has 0 saturated carbocycles. The molecule has 0 aliphatic carbocycles. The minimum atomic E-state index is -0.0137. The molecule has 1 aliphatic rings. The number of amides is 1. The maximum atomic E-state index is 12.1. The van der Waals surface area contributed by atoms with Crippen molar-refractivity contribution in [3.05, 3.63) is 53.7 Å². The number of benzene rings is 1. The van der Waals surface area contributed by atoms with Crippen LogP contribution in [-0.4, -0.2) is 24.0 Å². The van der Waals surface area contributed by atoms with Gasteiger partial charge in [-0.15, -0.1) is 0 Å². The van der Waals surface area contributed by atoms with Crippen LogP contribution in [0.2, 0.25) is 0 Å². The lowest BCUT2D eigenvalue weighted by atomic mass is 9.99. The Morgan fingerprint density at radius 3 is 2.50 bits per heavy atom. The fraction of sp³-hybridized carbons (Fsp3) is 0.400. The van der Waals surface area contributed by atoms with Crippen molar-refractivity contribution in [1.29, 1.82) is 0 Å². The number of pyridine rings is 1. The van der Waals surface area contributed by atoms with E-state index in [9.17, 15) is 4.79 Å². The minimum Gasteiger partial charge on any atom is -0.357 e. The molecule has 1 saturated heterocycles. The second kappa shape index (κ2) is 7.47. The number of aryl methyl sites for hydroxylation is 1. The zero-order valence-corrected chi connectivity index (χ0v) is 14.5. The molecule has 126 valence electrons. The summed E-state index contributed by atoms with van der Waals surface area (Å²) in [5.41, 5.74) is 2.97. The summed E-state index contributed by atoms with van der Waals surface area (Å²) >= 11 is 0. The van der Waals surface area contributed by atoms with Gasteiger partial charge < -0.3 is 10.2 Å². The van der Waals surface area contributed by atoms with E-state index >= 15 is 0 Å². The minimum absolute atomic E-state index is 0.0137. The molecule has 0 bridgehead atoms. The van der Waals surface area contributed by atoms with Crippen LogP contribution in [0.5, 0.6) is 0 Å². The molecule has 0 atom stereocenters. The average molecular weight is 323 g/mol. The molecule has 1 fully saturated rings. The molecular weight excluding hydrogens is 298 g/mol. The molecule has 1 amide bonds. The van der Waals surface area contributed by atoms with Gasteiger partial charge in [0.2, 0.25) is 5.91 Å². The third-order valence-corrected chi connectivity index (χ3v) is 4.62. The fourth-order valence-electron chi connectivity index (χ4n) is 2.98. The number of rotatable bonds is 4. The van der Waals surface area contributed by atoms with Gasteiger partial charge in [-0.05, 0) is 43.4 Å². The molecule has 1 aliphatic heterocycles. The first kappa shape index (κ1) is 16.5. The maximum Gasteiger partial charge on any atom is 0.228 e. The van der Waals surface area contributed by atoms with Crippen LogP contribution in [0.3, 0.4) is 0 Å². The van der Waals surface area contributed by atoms with Gasteiger partial charge in [-0.2, -0.15) is 0 Å². The van der Waals surface area contributed by atoms with E-state index in [0.29, 0.717) is 6.42 Å². The second-order valence-electron chi connectivity index (χ2n) is 6.79. The number of anilines is 2. The van der Waals surface area contributed by atoms with Gasteiger partial charge in [0.15, 0.2) is 0 Å². The Morgan fingerprint density at radius 1 is 1.17 bits per heavy atom. The normalized spacial score (nSPS) is 15.3. The molecule has 0 radical (unpaired) electrons. The van der Waals surface area contributed by atoms with E-state index < -0.39 is 0 Å². The lowest BCUT2D eigenvalue weighted by Gasteiger charge is -2.31. The zero-order valence-electron chi connectivity index (χ0n) is 14.5. The van der Waals surface area contributed by atoms with Crippen molar-refractivity contribution in [3.63, 3.8) is 0 Å². The van der Waals surface area contributed by atoms with Crippen LogP contribution in [0.1, 0.15) is 30.9 Å². The smallest absolute Gasteiger partial charge is 0.228 e. The van der Waals surface area contributed by atoms with Crippen molar-refractivity contribution < 1.29 is 4.79 Å². The molecule has 4 heteroatoms. The number of piperidine rings is 1. The molecule has 24 heavy (non-hydrogen) atoms. The average Bonchev–Trinajstić information content (AvgIpc) is 2.58. The lowest BCUT2D eigenvalue weighted by molar-refractivity contribution is -0.115. The Hall–Kier alpha value is -2.36. The van der Waals surface area contributed by atoms with Gasteiger partial charge in [0, 0.05) is 13.1 Å². The van der Waals surface area contributed by atoms with Crippen LogP contribution >= 0.6 is 0 Å². The summed E-state index contributed by atoms with van der Waals surface area (Å²) in [5.74, 6) is 1.79. The highest BCUT2D eigenvalue weighted by Crippen LogP contribution is 2.22. The largest absolute Gasteiger partial charge is 0.357 e. The van der Waals surface area contributed by atoms with Crippen molar-refractivity contribution in [2.75, 3.05) is 23.3 Å². The highest BCUT2D eigenvalue weighted by atomic mass is 16.1. The van der Waals surface area contributed by atoms with Gasteiger partial charge in [0.25, 0.3) is 0 Å². The second-order valence-corrected chi connectivity index (χ2v) is 6.79. The number of hydrogen-bond donors (Lipinski definition) is 1. The van der Waals surface area contributed by atoms with E-state index in [-0.39, 0.29) is 5.91 Å². The van der Waals surface area contributed by atoms with Crippen LogP contribution in [0.25, 0.3) is 0 Å². The van der Waals surface area contributed by atoms with Crippen LogP contribution in [0.15, 0.2) is 42.6 Å². The lowest BCUT2D eigenvalue weighted by Crippen LogP contribution is -2.33. The first-order chi connectivity index (χ1) is 11.6. The molecule has 2 heterocycles. The quantitative estimate of drug-likeness (QED) is 0.930. The number of aromatic nitrogens is 1. The number of nitrogens with zero attached hydrogens (tertiary/aromatic N) is 2. The summed E-state index contributed by atoms with van der Waals surface area (Å²) < 4.78 is 0. The van der Waals surface area contributed by atoms with Gasteiger partial charge in [0.1, 0.15) is 5.82 Å². The molecule has 1 aromatic carbocycles.